The van der Waals surface area contributed by atoms with Gasteiger partial charge in [0.05, 0.1) is 6.61 Å². The molecule has 0 heterocycles. The summed E-state index contributed by atoms with van der Waals surface area (Å²) in [6.07, 6.45) is 0. The summed E-state index contributed by atoms with van der Waals surface area (Å²) in [5.41, 5.74) is 6.60. The minimum atomic E-state index is -0.247. The van der Waals surface area contributed by atoms with Gasteiger partial charge in [-0.25, -0.2) is 4.39 Å². The van der Waals surface area contributed by atoms with E-state index in [1.807, 2.05) is 18.9 Å². The van der Waals surface area contributed by atoms with Crippen molar-refractivity contribution in [2.45, 2.75) is 13.5 Å². The van der Waals surface area contributed by atoms with Crippen molar-refractivity contribution in [3.8, 4) is 0 Å². The third-order valence-corrected chi connectivity index (χ3v) is 2.34. The van der Waals surface area contributed by atoms with Gasteiger partial charge in [-0.3, -0.25) is 4.90 Å². The van der Waals surface area contributed by atoms with E-state index >= 15 is 0 Å². The average molecular weight is 226 g/mol. The maximum absolute atomic E-state index is 13.5. The summed E-state index contributed by atoms with van der Waals surface area (Å²) in [5.74, 6) is -0.247. The first-order valence-electron chi connectivity index (χ1n) is 5.43. The van der Waals surface area contributed by atoms with Crippen molar-refractivity contribution in [2.24, 2.45) is 0 Å². The third-order valence-electron chi connectivity index (χ3n) is 2.34. The number of anilines is 1. The van der Waals surface area contributed by atoms with E-state index in [9.17, 15) is 4.39 Å². The van der Waals surface area contributed by atoms with Crippen LogP contribution in [0.2, 0.25) is 0 Å². The van der Waals surface area contributed by atoms with Crippen molar-refractivity contribution in [3.63, 3.8) is 0 Å². The minimum absolute atomic E-state index is 0.247. The first kappa shape index (κ1) is 12.9. The van der Waals surface area contributed by atoms with Gasteiger partial charge in [0.2, 0.25) is 0 Å². The highest BCUT2D eigenvalue weighted by Gasteiger charge is 2.05. The summed E-state index contributed by atoms with van der Waals surface area (Å²) in [5, 5.41) is 0. The Bertz CT molecular complexity index is 331. The van der Waals surface area contributed by atoms with Gasteiger partial charge in [-0.1, -0.05) is 6.07 Å². The Balaban J connectivity index is 2.46. The van der Waals surface area contributed by atoms with E-state index < -0.39 is 0 Å². The fourth-order valence-corrected chi connectivity index (χ4v) is 1.43. The molecule has 0 unspecified atom stereocenters. The second-order valence-electron chi connectivity index (χ2n) is 3.79. The molecule has 0 spiro atoms. The second kappa shape index (κ2) is 6.45. The van der Waals surface area contributed by atoms with E-state index in [4.69, 9.17) is 10.5 Å². The predicted octanol–water partition coefficient (Wildman–Crippen LogP) is 1.88. The average Bonchev–Trinajstić information content (AvgIpc) is 2.23. The second-order valence-corrected chi connectivity index (χ2v) is 3.79. The maximum Gasteiger partial charge on any atom is 0.129 e. The molecule has 1 aromatic rings. The van der Waals surface area contributed by atoms with Crippen LogP contribution in [0.3, 0.4) is 0 Å². The quantitative estimate of drug-likeness (QED) is 0.594. The molecule has 0 fully saturated rings. The Hall–Kier alpha value is -1.13. The van der Waals surface area contributed by atoms with Gasteiger partial charge in [0.15, 0.2) is 0 Å². The molecule has 2 N–H and O–H groups in total. The van der Waals surface area contributed by atoms with E-state index in [0.29, 0.717) is 31.0 Å². The molecule has 4 heteroatoms. The molecule has 1 aromatic carbocycles. The van der Waals surface area contributed by atoms with Crippen molar-refractivity contribution in [2.75, 3.05) is 32.5 Å². The lowest BCUT2D eigenvalue weighted by Crippen LogP contribution is -2.23. The van der Waals surface area contributed by atoms with Gasteiger partial charge < -0.3 is 10.5 Å². The molecule has 0 aromatic heterocycles. The summed E-state index contributed by atoms with van der Waals surface area (Å²) in [7, 11) is 1.94. The highest BCUT2D eigenvalue weighted by Crippen LogP contribution is 2.13. The summed E-state index contributed by atoms with van der Waals surface area (Å²) in [6, 6.07) is 4.79. The Morgan fingerprint density at radius 2 is 2.19 bits per heavy atom. The first-order valence-corrected chi connectivity index (χ1v) is 5.43. The zero-order valence-electron chi connectivity index (χ0n) is 9.87. The molecule has 0 saturated carbocycles. The van der Waals surface area contributed by atoms with Gasteiger partial charge in [0.1, 0.15) is 5.82 Å². The molecule has 16 heavy (non-hydrogen) atoms. The maximum atomic E-state index is 13.5. The fraction of sp³-hybridized carbons (Fsp3) is 0.500. The first-order chi connectivity index (χ1) is 7.63. The third kappa shape index (κ3) is 4.16. The van der Waals surface area contributed by atoms with Crippen LogP contribution in [0.25, 0.3) is 0 Å². The van der Waals surface area contributed by atoms with Crippen molar-refractivity contribution in [3.05, 3.63) is 29.6 Å². The number of rotatable bonds is 6. The number of halogens is 1. The van der Waals surface area contributed by atoms with E-state index in [-0.39, 0.29) is 5.82 Å². The Kier molecular flexibility index (Phi) is 5.22. The summed E-state index contributed by atoms with van der Waals surface area (Å²) >= 11 is 0. The standard InChI is InChI=1S/C12H19FN2O/c1-3-16-7-6-15(2)9-10-4-5-11(14)8-12(10)13/h4-5,8H,3,6-7,9,14H2,1-2H3. The molecule has 0 aliphatic carbocycles. The minimum Gasteiger partial charge on any atom is -0.399 e. The van der Waals surface area contributed by atoms with E-state index in [0.717, 1.165) is 6.54 Å². The van der Waals surface area contributed by atoms with Crippen molar-refractivity contribution >= 4 is 5.69 Å². The predicted molar refractivity (Wildman–Crippen MR) is 63.6 cm³/mol. The smallest absolute Gasteiger partial charge is 0.129 e. The topological polar surface area (TPSA) is 38.5 Å². The largest absolute Gasteiger partial charge is 0.399 e. The van der Waals surface area contributed by atoms with Crippen LogP contribution in [-0.4, -0.2) is 31.7 Å². The lowest BCUT2D eigenvalue weighted by Gasteiger charge is -2.16. The Morgan fingerprint density at radius 3 is 2.81 bits per heavy atom. The molecular weight excluding hydrogens is 207 g/mol. The van der Waals surface area contributed by atoms with E-state index in [1.165, 1.54) is 6.07 Å². The van der Waals surface area contributed by atoms with Crippen LogP contribution in [0.1, 0.15) is 12.5 Å². The Morgan fingerprint density at radius 1 is 1.44 bits per heavy atom. The van der Waals surface area contributed by atoms with Crippen LogP contribution < -0.4 is 5.73 Å². The molecular formula is C12H19FN2O. The van der Waals surface area contributed by atoms with Crippen molar-refractivity contribution in [1.82, 2.24) is 4.90 Å². The molecule has 90 valence electrons. The highest BCUT2D eigenvalue weighted by molar-refractivity contribution is 5.40. The van der Waals surface area contributed by atoms with Gasteiger partial charge >= 0.3 is 0 Å². The molecule has 1 rings (SSSR count). The molecule has 0 aliphatic heterocycles. The number of likely N-dealkylation sites (N-methyl/N-ethyl adjacent to an activating group) is 1. The molecule has 0 amide bonds. The SMILES string of the molecule is CCOCCN(C)Cc1ccc(N)cc1F. The molecule has 0 radical (unpaired) electrons. The number of hydrogen-bond donors (Lipinski definition) is 1. The molecule has 0 bridgehead atoms. The summed E-state index contributed by atoms with van der Waals surface area (Å²) in [4.78, 5) is 2.02. The molecule has 0 saturated heterocycles. The number of nitrogens with two attached hydrogens (primary N) is 1. The number of benzene rings is 1. The zero-order valence-corrected chi connectivity index (χ0v) is 9.87. The zero-order chi connectivity index (χ0) is 12.0. The van der Waals surface area contributed by atoms with Crippen LogP contribution in [0.4, 0.5) is 10.1 Å². The van der Waals surface area contributed by atoms with Crippen LogP contribution in [0.5, 0.6) is 0 Å². The Labute approximate surface area is 96.0 Å². The van der Waals surface area contributed by atoms with E-state index in [1.54, 1.807) is 12.1 Å². The molecule has 3 nitrogen and oxygen atoms in total. The lowest BCUT2D eigenvalue weighted by molar-refractivity contribution is 0.120. The fourth-order valence-electron chi connectivity index (χ4n) is 1.43. The van der Waals surface area contributed by atoms with Crippen LogP contribution in [0, 0.1) is 5.82 Å². The van der Waals surface area contributed by atoms with Crippen molar-refractivity contribution < 1.29 is 9.13 Å². The summed E-state index contributed by atoms with van der Waals surface area (Å²) in [6.45, 7) is 4.70. The van der Waals surface area contributed by atoms with Gasteiger partial charge in [-0.15, -0.1) is 0 Å². The monoisotopic (exact) mass is 226 g/mol. The molecule has 0 atom stereocenters. The number of ether oxygens (including phenoxy) is 1. The number of nitrogen functional groups attached to an aromatic ring is 1. The lowest BCUT2D eigenvalue weighted by atomic mass is 10.2. The number of nitrogens with zero attached hydrogens (tertiary/aromatic N) is 1. The summed E-state index contributed by atoms with van der Waals surface area (Å²) < 4.78 is 18.7. The van der Waals surface area contributed by atoms with E-state index in [2.05, 4.69) is 0 Å². The van der Waals surface area contributed by atoms with Crippen molar-refractivity contribution in [1.29, 1.82) is 0 Å². The van der Waals surface area contributed by atoms with Gasteiger partial charge in [0, 0.05) is 30.9 Å². The van der Waals surface area contributed by atoms with Gasteiger partial charge in [0.25, 0.3) is 0 Å². The highest BCUT2D eigenvalue weighted by atomic mass is 19.1. The van der Waals surface area contributed by atoms with Crippen LogP contribution >= 0.6 is 0 Å². The van der Waals surface area contributed by atoms with Crippen LogP contribution in [0.15, 0.2) is 18.2 Å². The van der Waals surface area contributed by atoms with Gasteiger partial charge in [-0.2, -0.15) is 0 Å². The number of hydrogen-bond acceptors (Lipinski definition) is 3. The van der Waals surface area contributed by atoms with Gasteiger partial charge in [-0.05, 0) is 26.1 Å². The molecule has 0 aliphatic rings. The van der Waals surface area contributed by atoms with Crippen LogP contribution in [-0.2, 0) is 11.3 Å². The normalized spacial score (nSPS) is 11.0.